The van der Waals surface area contributed by atoms with Gasteiger partial charge in [0.05, 0.1) is 6.54 Å². The Morgan fingerprint density at radius 3 is 2.95 bits per heavy atom. The maximum atomic E-state index is 11.4. The number of aryl methyl sites for hydroxylation is 1. The van der Waals surface area contributed by atoms with Gasteiger partial charge in [0.25, 0.3) is 0 Å². The highest BCUT2D eigenvalue weighted by Gasteiger charge is 2.19. The van der Waals surface area contributed by atoms with Gasteiger partial charge in [0, 0.05) is 24.7 Å². The van der Waals surface area contributed by atoms with E-state index in [-0.39, 0.29) is 12.1 Å². The zero-order valence-electron chi connectivity index (χ0n) is 11.5. The molecule has 1 saturated heterocycles. The third-order valence-electron chi connectivity index (χ3n) is 3.22. The molecule has 1 heterocycles. The highest BCUT2D eigenvalue weighted by Crippen LogP contribution is 2.25. The maximum Gasteiger partial charge on any atom is 0.317 e. The molecule has 1 atom stereocenters. The minimum absolute atomic E-state index is 0.0136. The fourth-order valence-corrected chi connectivity index (χ4v) is 2.13. The summed E-state index contributed by atoms with van der Waals surface area (Å²) in [5, 5.41) is 2.77. The number of rotatable bonds is 5. The summed E-state index contributed by atoms with van der Waals surface area (Å²) in [6, 6.07) is 5.94. The van der Waals surface area contributed by atoms with E-state index in [1.807, 2.05) is 32.0 Å². The summed E-state index contributed by atoms with van der Waals surface area (Å²) in [4.78, 5) is 13.1. The lowest BCUT2D eigenvalue weighted by Crippen LogP contribution is -2.32. The zero-order chi connectivity index (χ0) is 13.8. The average Bonchev–Trinajstić information content (AvgIpc) is 2.75. The third-order valence-corrected chi connectivity index (χ3v) is 3.22. The summed E-state index contributed by atoms with van der Waals surface area (Å²) in [5.41, 5.74) is 8.06. The fourth-order valence-electron chi connectivity index (χ4n) is 2.13. The molecular weight excluding hydrogens is 242 g/mol. The van der Waals surface area contributed by atoms with Crippen molar-refractivity contribution in [2.75, 3.05) is 26.2 Å². The number of amides is 2. The molecule has 1 aromatic rings. The van der Waals surface area contributed by atoms with Crippen LogP contribution >= 0.6 is 0 Å². The van der Waals surface area contributed by atoms with Crippen LogP contribution in [0.25, 0.3) is 0 Å². The number of carbonyl (C=O) groups excluding carboxylic acids is 1. The molecule has 0 aromatic heterocycles. The van der Waals surface area contributed by atoms with Crippen molar-refractivity contribution in [1.29, 1.82) is 0 Å². The second kappa shape index (κ2) is 5.93. The molecule has 104 valence electrons. The van der Waals surface area contributed by atoms with Crippen LogP contribution in [0.1, 0.15) is 24.1 Å². The first-order valence-electron chi connectivity index (χ1n) is 6.59. The summed E-state index contributed by atoms with van der Waals surface area (Å²) in [6.07, 6.45) is 0. The molecule has 0 radical (unpaired) electrons. The molecule has 2 rings (SSSR count). The van der Waals surface area contributed by atoms with Gasteiger partial charge in [-0.3, -0.25) is 0 Å². The number of nitrogens with two attached hydrogens (primary N) is 1. The standard InChI is InChI=1S/C14H21N3O2/c1-10-3-4-12(11(2)15)13(9-10)19-8-7-17-6-5-16-14(17)18/h3-4,9,11H,5-8,15H2,1-2H3,(H,16,18)/t11-/m0/s1. The smallest absolute Gasteiger partial charge is 0.317 e. The Labute approximate surface area is 113 Å². The van der Waals surface area contributed by atoms with Crippen LogP contribution in [0, 0.1) is 6.92 Å². The number of hydrogen-bond donors (Lipinski definition) is 2. The number of nitrogens with zero attached hydrogens (tertiary/aromatic N) is 1. The SMILES string of the molecule is Cc1ccc([C@H](C)N)c(OCCN2CCNC2=O)c1. The molecule has 2 amide bonds. The van der Waals surface area contributed by atoms with E-state index in [9.17, 15) is 4.79 Å². The van der Waals surface area contributed by atoms with Gasteiger partial charge in [0.1, 0.15) is 12.4 Å². The van der Waals surface area contributed by atoms with Gasteiger partial charge in [0.2, 0.25) is 0 Å². The highest BCUT2D eigenvalue weighted by molar-refractivity contribution is 5.76. The lowest BCUT2D eigenvalue weighted by Gasteiger charge is -2.17. The van der Waals surface area contributed by atoms with Crippen molar-refractivity contribution in [1.82, 2.24) is 10.2 Å². The first kappa shape index (κ1) is 13.7. The molecule has 19 heavy (non-hydrogen) atoms. The summed E-state index contributed by atoms with van der Waals surface area (Å²) >= 11 is 0. The minimum Gasteiger partial charge on any atom is -0.491 e. The normalized spacial score (nSPS) is 16.4. The zero-order valence-corrected chi connectivity index (χ0v) is 11.5. The Kier molecular flexibility index (Phi) is 4.27. The van der Waals surface area contributed by atoms with E-state index < -0.39 is 0 Å². The van der Waals surface area contributed by atoms with Gasteiger partial charge in [0.15, 0.2) is 0 Å². The Hall–Kier alpha value is -1.75. The van der Waals surface area contributed by atoms with Gasteiger partial charge >= 0.3 is 6.03 Å². The van der Waals surface area contributed by atoms with E-state index >= 15 is 0 Å². The second-order valence-electron chi connectivity index (χ2n) is 4.90. The molecule has 5 heteroatoms. The molecule has 1 aliphatic rings. The quantitative estimate of drug-likeness (QED) is 0.844. The molecule has 1 fully saturated rings. The Balaban J connectivity index is 1.95. The summed E-state index contributed by atoms with van der Waals surface area (Å²) < 4.78 is 5.79. The van der Waals surface area contributed by atoms with Gasteiger partial charge in [-0.05, 0) is 25.5 Å². The van der Waals surface area contributed by atoms with Crippen LogP contribution in [-0.4, -0.2) is 37.2 Å². The number of nitrogens with one attached hydrogen (secondary N) is 1. The van der Waals surface area contributed by atoms with Crippen LogP contribution in [0.4, 0.5) is 4.79 Å². The van der Waals surface area contributed by atoms with Gasteiger partial charge in [-0.2, -0.15) is 0 Å². The first-order valence-corrected chi connectivity index (χ1v) is 6.59. The molecule has 0 bridgehead atoms. The predicted molar refractivity (Wildman–Crippen MR) is 74.2 cm³/mol. The molecule has 0 spiro atoms. The number of urea groups is 1. The van der Waals surface area contributed by atoms with Crippen molar-refractivity contribution in [3.05, 3.63) is 29.3 Å². The van der Waals surface area contributed by atoms with Crippen molar-refractivity contribution < 1.29 is 9.53 Å². The lowest BCUT2D eigenvalue weighted by molar-refractivity contribution is 0.202. The third kappa shape index (κ3) is 3.38. The number of hydrogen-bond acceptors (Lipinski definition) is 3. The molecule has 3 N–H and O–H groups in total. The van der Waals surface area contributed by atoms with Crippen LogP contribution in [0.5, 0.6) is 5.75 Å². The molecule has 0 saturated carbocycles. The van der Waals surface area contributed by atoms with E-state index in [1.54, 1.807) is 4.90 Å². The second-order valence-corrected chi connectivity index (χ2v) is 4.90. The Morgan fingerprint density at radius 2 is 2.32 bits per heavy atom. The van der Waals surface area contributed by atoms with Gasteiger partial charge in [-0.15, -0.1) is 0 Å². The van der Waals surface area contributed by atoms with Crippen LogP contribution in [0.3, 0.4) is 0 Å². The van der Waals surface area contributed by atoms with Crippen LogP contribution in [-0.2, 0) is 0 Å². The number of ether oxygens (including phenoxy) is 1. The Bertz CT molecular complexity index is 460. The summed E-state index contributed by atoms with van der Waals surface area (Å²) in [7, 11) is 0. The predicted octanol–water partition coefficient (Wildman–Crippen LogP) is 1.42. The van der Waals surface area contributed by atoms with E-state index in [4.69, 9.17) is 10.5 Å². The molecular formula is C14H21N3O2. The summed E-state index contributed by atoms with van der Waals surface area (Å²) in [5.74, 6) is 0.814. The summed E-state index contributed by atoms with van der Waals surface area (Å²) in [6.45, 7) is 6.50. The highest BCUT2D eigenvalue weighted by atomic mass is 16.5. The monoisotopic (exact) mass is 263 g/mol. The van der Waals surface area contributed by atoms with E-state index in [2.05, 4.69) is 5.32 Å². The van der Waals surface area contributed by atoms with Crippen LogP contribution in [0.2, 0.25) is 0 Å². The van der Waals surface area contributed by atoms with Crippen LogP contribution < -0.4 is 15.8 Å². The molecule has 0 aliphatic carbocycles. The average molecular weight is 263 g/mol. The van der Waals surface area contributed by atoms with Crippen molar-refractivity contribution in [2.24, 2.45) is 5.73 Å². The van der Waals surface area contributed by atoms with Gasteiger partial charge in [-0.1, -0.05) is 12.1 Å². The number of benzene rings is 1. The largest absolute Gasteiger partial charge is 0.491 e. The van der Waals surface area contributed by atoms with Gasteiger partial charge < -0.3 is 20.7 Å². The van der Waals surface area contributed by atoms with Gasteiger partial charge in [-0.25, -0.2) is 4.79 Å². The molecule has 1 aromatic carbocycles. The number of carbonyl (C=O) groups is 1. The van der Waals surface area contributed by atoms with Crippen molar-refractivity contribution in [3.63, 3.8) is 0 Å². The van der Waals surface area contributed by atoms with E-state index in [0.717, 1.165) is 23.4 Å². The fraction of sp³-hybridized carbons (Fsp3) is 0.500. The van der Waals surface area contributed by atoms with Crippen molar-refractivity contribution in [3.8, 4) is 5.75 Å². The topological polar surface area (TPSA) is 67.6 Å². The maximum absolute atomic E-state index is 11.4. The molecule has 1 aliphatic heterocycles. The van der Waals surface area contributed by atoms with Crippen molar-refractivity contribution >= 4 is 6.03 Å². The molecule has 5 nitrogen and oxygen atoms in total. The Morgan fingerprint density at radius 1 is 1.53 bits per heavy atom. The minimum atomic E-state index is -0.0642. The van der Waals surface area contributed by atoms with E-state index in [1.165, 1.54) is 0 Å². The first-order chi connectivity index (χ1) is 9.08. The molecule has 0 unspecified atom stereocenters. The van der Waals surface area contributed by atoms with Crippen molar-refractivity contribution in [2.45, 2.75) is 19.9 Å². The van der Waals surface area contributed by atoms with Crippen LogP contribution in [0.15, 0.2) is 18.2 Å². The lowest BCUT2D eigenvalue weighted by atomic mass is 10.1. The van der Waals surface area contributed by atoms with E-state index in [0.29, 0.717) is 19.7 Å².